The van der Waals surface area contributed by atoms with E-state index in [1.165, 1.54) is 25.9 Å². The molecule has 2 aliphatic heterocycles. The van der Waals surface area contributed by atoms with Crippen molar-refractivity contribution in [2.24, 2.45) is 11.8 Å². The number of hydrogen-bond donors (Lipinski definition) is 1. The van der Waals surface area contributed by atoms with Gasteiger partial charge in [-0.1, -0.05) is 0 Å². The number of imidazole rings is 1. The summed E-state index contributed by atoms with van der Waals surface area (Å²) in [6.07, 6.45) is 5.36. The molecule has 2 aliphatic rings. The fraction of sp³-hybridized carbons (Fsp3) is 0.778. The second kappa shape index (κ2) is 7.66. The Bertz CT molecular complexity index is 565. The maximum Gasteiger partial charge on any atom is 0.242 e. The first kappa shape index (κ1) is 17.4. The van der Waals surface area contributed by atoms with Gasteiger partial charge in [0.05, 0.1) is 12.0 Å². The van der Waals surface area contributed by atoms with Crippen LogP contribution in [0, 0.1) is 25.7 Å². The molecule has 2 fully saturated rings. The molecular formula is C18H30N4O2. The largest absolute Gasteiger partial charge is 0.396 e. The Labute approximate surface area is 144 Å². The van der Waals surface area contributed by atoms with Crippen molar-refractivity contribution in [2.45, 2.75) is 39.7 Å². The Morgan fingerprint density at radius 1 is 1.25 bits per heavy atom. The molecule has 0 radical (unpaired) electrons. The first-order valence-electron chi connectivity index (χ1n) is 9.16. The fourth-order valence-corrected chi connectivity index (χ4v) is 4.07. The third-order valence-corrected chi connectivity index (χ3v) is 5.60. The molecule has 0 unspecified atom stereocenters. The van der Waals surface area contributed by atoms with Gasteiger partial charge >= 0.3 is 0 Å². The van der Waals surface area contributed by atoms with Crippen LogP contribution in [0.1, 0.15) is 30.7 Å². The van der Waals surface area contributed by atoms with E-state index in [2.05, 4.69) is 9.88 Å². The molecule has 0 aliphatic carbocycles. The van der Waals surface area contributed by atoms with Crippen molar-refractivity contribution < 1.29 is 9.90 Å². The average Bonchev–Trinajstić information content (AvgIpc) is 3.19. The average molecular weight is 334 g/mol. The molecule has 0 bridgehead atoms. The summed E-state index contributed by atoms with van der Waals surface area (Å²) < 4.78 is 1.93. The van der Waals surface area contributed by atoms with Crippen LogP contribution in [-0.2, 0) is 11.3 Å². The van der Waals surface area contributed by atoms with E-state index < -0.39 is 0 Å². The van der Waals surface area contributed by atoms with Gasteiger partial charge in [0.25, 0.3) is 0 Å². The summed E-state index contributed by atoms with van der Waals surface area (Å²) in [5.41, 5.74) is 2.02. The van der Waals surface area contributed by atoms with Crippen molar-refractivity contribution in [3.8, 4) is 0 Å². The summed E-state index contributed by atoms with van der Waals surface area (Å²) in [6.45, 7) is 9.40. The van der Waals surface area contributed by atoms with Crippen molar-refractivity contribution in [1.29, 1.82) is 0 Å². The molecule has 2 saturated heterocycles. The van der Waals surface area contributed by atoms with Crippen molar-refractivity contribution in [3.63, 3.8) is 0 Å². The zero-order valence-corrected chi connectivity index (χ0v) is 14.9. The Hall–Kier alpha value is -1.40. The van der Waals surface area contributed by atoms with Crippen molar-refractivity contribution >= 4 is 5.91 Å². The summed E-state index contributed by atoms with van der Waals surface area (Å²) in [4.78, 5) is 21.5. The minimum Gasteiger partial charge on any atom is -0.396 e. The number of likely N-dealkylation sites (tertiary alicyclic amines) is 2. The standard InChI is InChI=1S/C18H30N4O2/c1-14-15(2)22(13-19-14)11-18(24)21-9-16(7-17(10-21)12-23)8-20-5-3-4-6-20/h13,16-17,23H,3-12H2,1-2H3/t16-,17-/m1/s1. The lowest BCUT2D eigenvalue weighted by Gasteiger charge is -2.38. The number of rotatable bonds is 5. The summed E-state index contributed by atoms with van der Waals surface area (Å²) in [6, 6.07) is 0. The topological polar surface area (TPSA) is 61.6 Å². The zero-order valence-electron chi connectivity index (χ0n) is 14.9. The Balaban J connectivity index is 1.62. The van der Waals surface area contributed by atoms with Crippen LogP contribution in [0.25, 0.3) is 0 Å². The third-order valence-electron chi connectivity index (χ3n) is 5.60. The smallest absolute Gasteiger partial charge is 0.242 e. The molecule has 6 heteroatoms. The predicted octanol–water partition coefficient (Wildman–Crippen LogP) is 1.05. The number of carbonyl (C=O) groups is 1. The van der Waals surface area contributed by atoms with E-state index in [1.807, 2.05) is 23.3 Å². The number of aryl methyl sites for hydroxylation is 1. The maximum atomic E-state index is 12.8. The summed E-state index contributed by atoms with van der Waals surface area (Å²) in [7, 11) is 0. The highest BCUT2D eigenvalue weighted by Crippen LogP contribution is 2.24. The van der Waals surface area contributed by atoms with Crippen LogP contribution >= 0.6 is 0 Å². The van der Waals surface area contributed by atoms with Gasteiger partial charge in [-0.2, -0.15) is 0 Å². The second-order valence-electron chi connectivity index (χ2n) is 7.50. The van der Waals surface area contributed by atoms with Crippen LogP contribution in [0.4, 0.5) is 0 Å². The minimum absolute atomic E-state index is 0.139. The summed E-state index contributed by atoms with van der Waals surface area (Å²) in [5, 5.41) is 9.64. The second-order valence-corrected chi connectivity index (χ2v) is 7.50. The van der Waals surface area contributed by atoms with Crippen LogP contribution in [0.2, 0.25) is 0 Å². The van der Waals surface area contributed by atoms with Crippen LogP contribution in [-0.4, -0.2) is 69.7 Å². The van der Waals surface area contributed by atoms with Crippen LogP contribution < -0.4 is 0 Å². The predicted molar refractivity (Wildman–Crippen MR) is 92.6 cm³/mol. The van der Waals surface area contributed by atoms with Gasteiger partial charge in [0.1, 0.15) is 6.54 Å². The highest BCUT2D eigenvalue weighted by Gasteiger charge is 2.31. The van der Waals surface area contributed by atoms with Gasteiger partial charge in [0.2, 0.25) is 5.91 Å². The van der Waals surface area contributed by atoms with Gasteiger partial charge in [-0.3, -0.25) is 4.79 Å². The Morgan fingerprint density at radius 2 is 1.96 bits per heavy atom. The van der Waals surface area contributed by atoms with Gasteiger partial charge in [0, 0.05) is 31.9 Å². The monoisotopic (exact) mass is 334 g/mol. The van der Waals surface area contributed by atoms with Gasteiger partial charge in [0.15, 0.2) is 0 Å². The maximum absolute atomic E-state index is 12.8. The van der Waals surface area contributed by atoms with E-state index in [1.54, 1.807) is 6.33 Å². The molecule has 3 rings (SSSR count). The third kappa shape index (κ3) is 3.98. The van der Waals surface area contributed by atoms with E-state index in [9.17, 15) is 9.90 Å². The van der Waals surface area contributed by atoms with Crippen molar-refractivity contribution in [3.05, 3.63) is 17.7 Å². The highest BCUT2D eigenvalue weighted by molar-refractivity contribution is 5.76. The highest BCUT2D eigenvalue weighted by atomic mass is 16.3. The molecule has 1 N–H and O–H groups in total. The Morgan fingerprint density at radius 3 is 2.58 bits per heavy atom. The van der Waals surface area contributed by atoms with E-state index in [4.69, 9.17) is 0 Å². The molecule has 0 aromatic carbocycles. The molecule has 0 saturated carbocycles. The first-order chi connectivity index (χ1) is 11.6. The first-order valence-corrected chi connectivity index (χ1v) is 9.16. The van der Waals surface area contributed by atoms with Crippen LogP contribution in [0.15, 0.2) is 6.33 Å². The lowest BCUT2D eigenvalue weighted by molar-refractivity contribution is -0.135. The normalized spacial score (nSPS) is 25.4. The molecule has 134 valence electrons. The summed E-state index contributed by atoms with van der Waals surface area (Å²) >= 11 is 0. The van der Waals surface area contributed by atoms with Crippen LogP contribution in [0.5, 0.6) is 0 Å². The van der Waals surface area contributed by atoms with E-state index in [-0.39, 0.29) is 18.4 Å². The quantitative estimate of drug-likeness (QED) is 0.874. The summed E-state index contributed by atoms with van der Waals surface area (Å²) in [5.74, 6) is 0.824. The van der Waals surface area contributed by atoms with Crippen molar-refractivity contribution in [2.75, 3.05) is 39.3 Å². The minimum atomic E-state index is 0.139. The van der Waals surface area contributed by atoms with Crippen molar-refractivity contribution in [1.82, 2.24) is 19.4 Å². The Kier molecular flexibility index (Phi) is 5.56. The van der Waals surface area contributed by atoms with Gasteiger partial charge < -0.3 is 19.5 Å². The van der Waals surface area contributed by atoms with Gasteiger partial charge in [-0.25, -0.2) is 4.98 Å². The lowest BCUT2D eigenvalue weighted by atomic mass is 9.89. The number of amides is 1. The van der Waals surface area contributed by atoms with Crippen LogP contribution in [0.3, 0.4) is 0 Å². The van der Waals surface area contributed by atoms with Gasteiger partial charge in [-0.05, 0) is 58.0 Å². The number of hydrogen-bond acceptors (Lipinski definition) is 4. The number of aliphatic hydroxyl groups excluding tert-OH is 1. The number of piperidine rings is 1. The zero-order chi connectivity index (χ0) is 17.1. The molecule has 2 atom stereocenters. The van der Waals surface area contributed by atoms with E-state index in [0.29, 0.717) is 19.0 Å². The number of aromatic nitrogens is 2. The van der Waals surface area contributed by atoms with E-state index >= 15 is 0 Å². The molecule has 0 spiro atoms. The molecular weight excluding hydrogens is 304 g/mol. The van der Waals surface area contributed by atoms with Gasteiger partial charge in [-0.15, -0.1) is 0 Å². The lowest BCUT2D eigenvalue weighted by Crippen LogP contribution is -2.48. The number of carbonyl (C=O) groups excluding carboxylic acids is 1. The molecule has 1 aromatic rings. The molecule has 1 aromatic heterocycles. The number of aliphatic hydroxyl groups is 1. The number of nitrogens with zero attached hydrogens (tertiary/aromatic N) is 4. The van der Waals surface area contributed by atoms with E-state index in [0.717, 1.165) is 30.9 Å². The molecule has 1 amide bonds. The molecule has 3 heterocycles. The molecule has 24 heavy (non-hydrogen) atoms. The fourth-order valence-electron chi connectivity index (χ4n) is 4.07. The molecule has 6 nitrogen and oxygen atoms in total. The SMILES string of the molecule is Cc1ncn(CC(=O)N2C[C@H](CO)C[C@H](CN3CCCC3)C2)c1C.